The fraction of sp³-hybridized carbons (Fsp3) is 0.490. The number of benzene rings is 2. The van der Waals surface area contributed by atoms with Gasteiger partial charge >= 0.3 is 0 Å². The fourth-order valence-electron chi connectivity index (χ4n) is 7.60. The van der Waals surface area contributed by atoms with Crippen LogP contribution in [0.4, 0.5) is 5.69 Å². The number of carbonyl (C=O) groups is 1. The molecule has 14 nitrogen and oxygen atoms in total. The third-order valence-electron chi connectivity index (χ3n) is 11.1. The standard InChI is InChI=1S/C49H65N9O5S/c1-39-52-42(38-64-39)20-18-40-30-44(33-50-32-40)62-37-49(59)51-22-12-9-14-24-55(2)23-13-7-5-6-8-15-25-58-35-43(53-54-58)36-63-47-21-19-41(31-48(47)61-4)34-56-26-28-57(29-27-56)45-16-10-11-17-46(45)60-3/h10-11,16-17,19,21,30-33,35,38H,5-9,12-15,22-29,34,36-37H2,1-4H3,(H,51,59). The van der Waals surface area contributed by atoms with Crippen LogP contribution in [0.3, 0.4) is 0 Å². The summed E-state index contributed by atoms with van der Waals surface area (Å²) in [6, 6.07) is 16.2. The van der Waals surface area contributed by atoms with Crippen LogP contribution < -0.4 is 29.2 Å². The molecule has 1 N–H and O–H groups in total. The second-order valence-electron chi connectivity index (χ2n) is 16.2. The molecule has 0 aliphatic carbocycles. The van der Waals surface area contributed by atoms with E-state index in [0.29, 0.717) is 30.2 Å². The lowest BCUT2D eigenvalue weighted by Crippen LogP contribution is -2.46. The molecule has 3 aromatic heterocycles. The Kier molecular flexibility index (Phi) is 19.5. The Morgan fingerprint density at radius 2 is 1.61 bits per heavy atom. The lowest BCUT2D eigenvalue weighted by molar-refractivity contribution is -0.123. The number of aromatic nitrogens is 5. The molecule has 1 aliphatic heterocycles. The van der Waals surface area contributed by atoms with Gasteiger partial charge in [-0.05, 0) is 94.6 Å². The lowest BCUT2D eigenvalue weighted by atomic mass is 10.1. The van der Waals surface area contributed by atoms with Crippen molar-refractivity contribution >= 4 is 22.9 Å². The van der Waals surface area contributed by atoms with Crippen LogP contribution in [0.2, 0.25) is 0 Å². The van der Waals surface area contributed by atoms with Gasteiger partial charge in [0, 0.05) is 63.0 Å². The number of piperazine rings is 1. The molecule has 64 heavy (non-hydrogen) atoms. The van der Waals surface area contributed by atoms with Gasteiger partial charge in [0.1, 0.15) is 29.5 Å². The average molecular weight is 892 g/mol. The Morgan fingerprint density at radius 1 is 0.844 bits per heavy atom. The SMILES string of the molecule is COc1cc(CN2CCN(c3ccccc3OC)CC2)ccc1OCc1cn(CCCCCCCCN(C)CCCCCNC(=O)COc2cncc(C#Cc3csc(C)n3)c2)nn1. The molecular weight excluding hydrogens is 827 g/mol. The highest BCUT2D eigenvalue weighted by molar-refractivity contribution is 7.09. The van der Waals surface area contributed by atoms with Gasteiger partial charge in [-0.3, -0.25) is 19.4 Å². The third kappa shape index (κ3) is 16.1. The van der Waals surface area contributed by atoms with E-state index in [1.165, 1.54) is 37.7 Å². The number of rotatable bonds is 26. The summed E-state index contributed by atoms with van der Waals surface area (Å²) in [6.45, 7) is 10.6. The van der Waals surface area contributed by atoms with Gasteiger partial charge in [0.05, 0.1) is 37.3 Å². The van der Waals surface area contributed by atoms with E-state index < -0.39 is 0 Å². The molecule has 0 saturated carbocycles. The minimum absolute atomic E-state index is 0.0492. The zero-order chi connectivity index (χ0) is 44.8. The maximum absolute atomic E-state index is 12.3. The van der Waals surface area contributed by atoms with Crippen LogP contribution in [-0.4, -0.2) is 114 Å². The monoisotopic (exact) mass is 891 g/mol. The van der Waals surface area contributed by atoms with Crippen molar-refractivity contribution in [2.45, 2.75) is 84.4 Å². The number of hydrogen-bond donors (Lipinski definition) is 1. The van der Waals surface area contributed by atoms with Crippen LogP contribution >= 0.6 is 11.3 Å². The van der Waals surface area contributed by atoms with Crippen molar-refractivity contribution in [3.05, 3.63) is 100 Å². The molecule has 6 rings (SSSR count). The molecule has 0 unspecified atom stereocenters. The van der Waals surface area contributed by atoms with Crippen molar-refractivity contribution in [3.63, 3.8) is 0 Å². The van der Waals surface area contributed by atoms with E-state index in [9.17, 15) is 4.79 Å². The Morgan fingerprint density at radius 3 is 2.39 bits per heavy atom. The number of unbranched alkanes of at least 4 members (excludes halogenated alkanes) is 7. The molecule has 1 amide bonds. The zero-order valence-electron chi connectivity index (χ0n) is 38.1. The largest absolute Gasteiger partial charge is 0.495 e. The van der Waals surface area contributed by atoms with Crippen LogP contribution in [-0.2, 0) is 24.5 Å². The second kappa shape index (κ2) is 26.2. The van der Waals surface area contributed by atoms with Gasteiger partial charge in [-0.25, -0.2) is 4.98 Å². The number of amides is 1. The first-order valence-corrected chi connectivity index (χ1v) is 23.5. The summed E-state index contributed by atoms with van der Waals surface area (Å²) in [5, 5.41) is 14.5. The number of para-hydroxylation sites is 2. The first-order chi connectivity index (χ1) is 31.3. The summed E-state index contributed by atoms with van der Waals surface area (Å²) in [4.78, 5) is 28.1. The van der Waals surface area contributed by atoms with E-state index in [-0.39, 0.29) is 12.5 Å². The number of nitrogens with one attached hydrogen (secondary N) is 1. The normalized spacial score (nSPS) is 12.8. The summed E-state index contributed by atoms with van der Waals surface area (Å²) in [7, 11) is 5.62. The first-order valence-electron chi connectivity index (χ1n) is 22.6. The smallest absolute Gasteiger partial charge is 0.257 e. The van der Waals surface area contributed by atoms with Gasteiger partial charge in [-0.1, -0.05) is 61.4 Å². The predicted molar refractivity (Wildman–Crippen MR) is 252 cm³/mol. The topological polar surface area (TPSA) is 132 Å². The number of anilines is 1. The van der Waals surface area contributed by atoms with Crippen molar-refractivity contribution in [2.75, 3.05) is 78.6 Å². The minimum Gasteiger partial charge on any atom is -0.495 e. The van der Waals surface area contributed by atoms with Crippen LogP contribution in [0.15, 0.2) is 72.5 Å². The van der Waals surface area contributed by atoms with Gasteiger partial charge in [-0.15, -0.1) is 16.4 Å². The van der Waals surface area contributed by atoms with Gasteiger partial charge < -0.3 is 34.1 Å². The Labute approximate surface area is 383 Å². The fourth-order valence-corrected chi connectivity index (χ4v) is 8.15. The summed E-state index contributed by atoms with van der Waals surface area (Å²) in [5.74, 6) is 8.81. The highest BCUT2D eigenvalue weighted by Crippen LogP contribution is 2.31. The molecule has 2 aromatic carbocycles. The number of aryl methyl sites for hydroxylation is 2. The van der Waals surface area contributed by atoms with E-state index in [1.807, 2.05) is 41.4 Å². The number of hydrogen-bond acceptors (Lipinski definition) is 13. The van der Waals surface area contributed by atoms with Crippen LogP contribution in [0, 0.1) is 18.8 Å². The molecule has 0 spiro atoms. The molecule has 15 heteroatoms. The maximum Gasteiger partial charge on any atom is 0.257 e. The van der Waals surface area contributed by atoms with E-state index in [2.05, 4.69) is 83.5 Å². The summed E-state index contributed by atoms with van der Waals surface area (Å²) < 4.78 is 25.0. The van der Waals surface area contributed by atoms with Gasteiger partial charge in [0.15, 0.2) is 18.1 Å². The van der Waals surface area contributed by atoms with Crippen LogP contribution in [0.1, 0.15) is 85.3 Å². The molecule has 0 bridgehead atoms. The lowest BCUT2D eigenvalue weighted by Gasteiger charge is -2.36. The molecule has 4 heterocycles. The highest BCUT2D eigenvalue weighted by atomic mass is 32.1. The number of carbonyl (C=O) groups excluding carboxylic acids is 1. The van der Waals surface area contributed by atoms with Crippen molar-refractivity contribution in [2.24, 2.45) is 0 Å². The van der Waals surface area contributed by atoms with E-state index in [1.54, 1.807) is 44.0 Å². The number of thiazole rings is 1. The van der Waals surface area contributed by atoms with E-state index in [0.717, 1.165) is 112 Å². The number of nitrogens with zero attached hydrogens (tertiary/aromatic N) is 8. The third-order valence-corrected chi connectivity index (χ3v) is 11.9. The van der Waals surface area contributed by atoms with Gasteiger partial charge in [0.2, 0.25) is 0 Å². The average Bonchev–Trinajstić information content (AvgIpc) is 3.97. The Balaban J connectivity index is 0.744. The van der Waals surface area contributed by atoms with Gasteiger partial charge in [0.25, 0.3) is 5.91 Å². The van der Waals surface area contributed by atoms with E-state index >= 15 is 0 Å². The summed E-state index contributed by atoms with van der Waals surface area (Å²) in [6.07, 6.45) is 15.6. The van der Waals surface area contributed by atoms with Gasteiger partial charge in [-0.2, -0.15) is 0 Å². The minimum atomic E-state index is -0.136. The molecule has 1 fully saturated rings. The van der Waals surface area contributed by atoms with Crippen LogP contribution in [0.25, 0.3) is 0 Å². The summed E-state index contributed by atoms with van der Waals surface area (Å²) >= 11 is 1.56. The molecule has 342 valence electrons. The highest BCUT2D eigenvalue weighted by Gasteiger charge is 2.20. The van der Waals surface area contributed by atoms with Crippen molar-refractivity contribution < 1.29 is 23.7 Å². The Bertz CT molecular complexity index is 2230. The van der Waals surface area contributed by atoms with Crippen molar-refractivity contribution in [3.8, 4) is 34.8 Å². The maximum atomic E-state index is 12.3. The Hall–Kier alpha value is -5.69. The van der Waals surface area contributed by atoms with Crippen LogP contribution in [0.5, 0.6) is 23.0 Å². The first kappa shape index (κ1) is 47.8. The molecular formula is C49H65N9O5S. The molecule has 0 radical (unpaired) electrons. The summed E-state index contributed by atoms with van der Waals surface area (Å²) in [5.41, 5.74) is 4.61. The zero-order valence-corrected chi connectivity index (χ0v) is 38.9. The van der Waals surface area contributed by atoms with E-state index in [4.69, 9.17) is 18.9 Å². The quantitative estimate of drug-likeness (QED) is 0.0439. The number of pyridine rings is 1. The number of ether oxygens (including phenoxy) is 4. The van der Waals surface area contributed by atoms with Crippen molar-refractivity contribution in [1.82, 2.24) is 40.1 Å². The molecule has 0 atom stereocenters. The molecule has 1 aliphatic rings. The van der Waals surface area contributed by atoms with Crippen molar-refractivity contribution in [1.29, 1.82) is 0 Å². The molecule has 5 aromatic rings. The second-order valence-corrected chi connectivity index (χ2v) is 17.3. The number of methoxy groups -OCH3 is 2. The predicted octanol–water partition coefficient (Wildman–Crippen LogP) is 7.39. The molecule has 1 saturated heterocycles.